The summed E-state index contributed by atoms with van der Waals surface area (Å²) < 4.78 is 0.976. The van der Waals surface area contributed by atoms with Gasteiger partial charge in [-0.3, -0.25) is 9.69 Å². The van der Waals surface area contributed by atoms with E-state index < -0.39 is 0 Å². The van der Waals surface area contributed by atoms with Crippen LogP contribution in [-0.2, 0) is 0 Å². The zero-order valence-corrected chi connectivity index (χ0v) is 13.9. The van der Waals surface area contributed by atoms with Crippen LogP contribution in [0.3, 0.4) is 0 Å². The number of Topliss-reactive ketones (excluding diaryl/α,β-unsaturated/α-hetero) is 1. The van der Waals surface area contributed by atoms with Crippen LogP contribution in [0.5, 0.6) is 0 Å². The van der Waals surface area contributed by atoms with E-state index in [4.69, 9.17) is 0 Å². The lowest BCUT2D eigenvalue weighted by atomic mass is 10.1. The van der Waals surface area contributed by atoms with Gasteiger partial charge in [-0.2, -0.15) is 0 Å². The third-order valence-electron chi connectivity index (χ3n) is 4.24. The van der Waals surface area contributed by atoms with E-state index in [2.05, 4.69) is 27.8 Å². The Kier molecular flexibility index (Phi) is 6.24. The lowest BCUT2D eigenvalue weighted by Gasteiger charge is -2.28. The highest BCUT2D eigenvalue weighted by Crippen LogP contribution is 2.20. The van der Waals surface area contributed by atoms with Crippen LogP contribution in [-0.4, -0.2) is 29.8 Å². The fourth-order valence-corrected chi connectivity index (χ4v) is 3.44. The smallest absolute Gasteiger partial charge is 0.164 e. The van der Waals surface area contributed by atoms with Gasteiger partial charge in [0.25, 0.3) is 0 Å². The molecule has 1 aromatic carbocycles. The Balaban J connectivity index is 1.91. The molecule has 2 nitrogen and oxygen atoms in total. The molecular formula is C17H24BrNO. The summed E-state index contributed by atoms with van der Waals surface area (Å²) in [5.41, 5.74) is 0.822. The molecule has 1 fully saturated rings. The van der Waals surface area contributed by atoms with Crippen LogP contribution in [0.2, 0.25) is 0 Å². The molecule has 0 aliphatic carbocycles. The SMILES string of the molecule is CCC1CCCCCN1CCC(=O)c1cccc(Br)c1. The van der Waals surface area contributed by atoms with Crippen molar-refractivity contribution in [3.63, 3.8) is 0 Å². The van der Waals surface area contributed by atoms with Crippen molar-refractivity contribution in [1.82, 2.24) is 4.90 Å². The number of ketones is 1. The largest absolute Gasteiger partial charge is 0.300 e. The van der Waals surface area contributed by atoms with Crippen molar-refractivity contribution < 1.29 is 4.79 Å². The van der Waals surface area contributed by atoms with E-state index >= 15 is 0 Å². The van der Waals surface area contributed by atoms with Crippen LogP contribution in [0.4, 0.5) is 0 Å². The zero-order chi connectivity index (χ0) is 14.4. The van der Waals surface area contributed by atoms with E-state index in [0.717, 1.165) is 23.1 Å². The number of rotatable bonds is 5. The Morgan fingerprint density at radius 1 is 1.35 bits per heavy atom. The third kappa shape index (κ3) is 4.42. The van der Waals surface area contributed by atoms with E-state index in [9.17, 15) is 4.79 Å². The number of likely N-dealkylation sites (tertiary alicyclic amines) is 1. The lowest BCUT2D eigenvalue weighted by Crippen LogP contribution is -2.36. The number of halogens is 1. The molecule has 1 aliphatic rings. The fourth-order valence-electron chi connectivity index (χ4n) is 3.04. The molecule has 0 saturated carbocycles. The van der Waals surface area contributed by atoms with E-state index in [1.807, 2.05) is 24.3 Å². The molecule has 0 aromatic heterocycles. The van der Waals surface area contributed by atoms with E-state index in [0.29, 0.717) is 12.5 Å². The molecule has 0 N–H and O–H groups in total. The van der Waals surface area contributed by atoms with Crippen LogP contribution in [0.15, 0.2) is 28.7 Å². The molecule has 110 valence electrons. The predicted octanol–water partition coefficient (Wildman–Crippen LogP) is 4.68. The predicted molar refractivity (Wildman–Crippen MR) is 87.2 cm³/mol. The van der Waals surface area contributed by atoms with Gasteiger partial charge in [0.1, 0.15) is 0 Å². The Morgan fingerprint density at radius 2 is 2.20 bits per heavy atom. The van der Waals surface area contributed by atoms with Gasteiger partial charge in [0.2, 0.25) is 0 Å². The maximum atomic E-state index is 12.3. The molecule has 0 bridgehead atoms. The van der Waals surface area contributed by atoms with Gasteiger partial charge in [-0.25, -0.2) is 0 Å². The summed E-state index contributed by atoms with van der Waals surface area (Å²) in [4.78, 5) is 14.8. The first kappa shape index (κ1) is 15.7. The second kappa shape index (κ2) is 7.94. The minimum absolute atomic E-state index is 0.255. The van der Waals surface area contributed by atoms with Crippen molar-refractivity contribution in [1.29, 1.82) is 0 Å². The number of nitrogens with zero attached hydrogens (tertiary/aromatic N) is 1. The number of carbonyl (C=O) groups is 1. The monoisotopic (exact) mass is 337 g/mol. The molecule has 1 aliphatic heterocycles. The number of benzene rings is 1. The average molecular weight is 338 g/mol. The maximum Gasteiger partial charge on any atom is 0.164 e. The van der Waals surface area contributed by atoms with Crippen molar-refractivity contribution in [2.75, 3.05) is 13.1 Å². The van der Waals surface area contributed by atoms with Gasteiger partial charge in [-0.05, 0) is 37.9 Å². The molecule has 1 saturated heterocycles. The molecule has 0 spiro atoms. The highest BCUT2D eigenvalue weighted by molar-refractivity contribution is 9.10. The van der Waals surface area contributed by atoms with Crippen molar-refractivity contribution in [3.8, 4) is 0 Å². The molecular weight excluding hydrogens is 314 g/mol. The van der Waals surface area contributed by atoms with E-state index in [1.165, 1.54) is 32.1 Å². The van der Waals surface area contributed by atoms with Gasteiger partial charge in [-0.15, -0.1) is 0 Å². The Labute approximate surface area is 130 Å². The standard InChI is InChI=1S/C17H24BrNO/c1-2-16-9-4-3-5-11-19(16)12-10-17(20)14-7-6-8-15(18)13-14/h6-8,13,16H,2-5,9-12H2,1H3. The first-order valence-corrected chi connectivity index (χ1v) is 8.53. The van der Waals surface area contributed by atoms with Gasteiger partial charge < -0.3 is 0 Å². The molecule has 0 amide bonds. The van der Waals surface area contributed by atoms with Crippen molar-refractivity contribution in [2.45, 2.75) is 51.5 Å². The molecule has 20 heavy (non-hydrogen) atoms. The summed E-state index contributed by atoms with van der Waals surface area (Å²) in [5, 5.41) is 0. The molecule has 1 aromatic rings. The van der Waals surface area contributed by atoms with Crippen LogP contribution in [0.25, 0.3) is 0 Å². The lowest BCUT2D eigenvalue weighted by molar-refractivity contribution is 0.0949. The Hall–Kier alpha value is -0.670. The third-order valence-corrected chi connectivity index (χ3v) is 4.74. The van der Waals surface area contributed by atoms with Gasteiger partial charge >= 0.3 is 0 Å². The van der Waals surface area contributed by atoms with Crippen LogP contribution < -0.4 is 0 Å². The number of hydrogen-bond donors (Lipinski definition) is 0. The highest BCUT2D eigenvalue weighted by Gasteiger charge is 2.20. The minimum Gasteiger partial charge on any atom is -0.300 e. The summed E-state index contributed by atoms with van der Waals surface area (Å²) in [6, 6.07) is 8.39. The first-order chi connectivity index (χ1) is 9.70. The van der Waals surface area contributed by atoms with Gasteiger partial charge in [0, 0.05) is 29.0 Å². The molecule has 1 atom stereocenters. The van der Waals surface area contributed by atoms with Crippen LogP contribution >= 0.6 is 15.9 Å². The molecule has 0 radical (unpaired) electrons. The first-order valence-electron chi connectivity index (χ1n) is 7.73. The molecule has 2 rings (SSSR count). The summed E-state index contributed by atoms with van der Waals surface area (Å²) in [7, 11) is 0. The average Bonchev–Trinajstić information content (AvgIpc) is 2.69. The summed E-state index contributed by atoms with van der Waals surface area (Å²) in [6.07, 6.45) is 7.09. The summed E-state index contributed by atoms with van der Waals surface area (Å²) in [5.74, 6) is 0.255. The van der Waals surface area contributed by atoms with Crippen molar-refractivity contribution in [2.24, 2.45) is 0 Å². The van der Waals surface area contributed by atoms with Gasteiger partial charge in [-0.1, -0.05) is 47.8 Å². The summed E-state index contributed by atoms with van der Waals surface area (Å²) in [6.45, 7) is 4.33. The van der Waals surface area contributed by atoms with Crippen LogP contribution in [0, 0.1) is 0 Å². The molecule has 1 unspecified atom stereocenters. The number of hydrogen-bond acceptors (Lipinski definition) is 2. The highest BCUT2D eigenvalue weighted by atomic mass is 79.9. The normalized spacial score (nSPS) is 20.6. The second-order valence-electron chi connectivity index (χ2n) is 5.63. The van der Waals surface area contributed by atoms with E-state index in [1.54, 1.807) is 0 Å². The van der Waals surface area contributed by atoms with Crippen molar-refractivity contribution >= 4 is 21.7 Å². The van der Waals surface area contributed by atoms with Crippen LogP contribution in [0.1, 0.15) is 55.8 Å². The zero-order valence-electron chi connectivity index (χ0n) is 12.3. The quantitative estimate of drug-likeness (QED) is 0.727. The second-order valence-corrected chi connectivity index (χ2v) is 6.55. The Bertz CT molecular complexity index is 446. The van der Waals surface area contributed by atoms with E-state index in [-0.39, 0.29) is 5.78 Å². The molecule has 1 heterocycles. The minimum atomic E-state index is 0.255. The van der Waals surface area contributed by atoms with Gasteiger partial charge in [0.05, 0.1) is 0 Å². The maximum absolute atomic E-state index is 12.3. The molecule has 3 heteroatoms. The number of carbonyl (C=O) groups excluding carboxylic acids is 1. The fraction of sp³-hybridized carbons (Fsp3) is 0.588. The summed E-state index contributed by atoms with van der Waals surface area (Å²) >= 11 is 3.43. The van der Waals surface area contributed by atoms with Crippen molar-refractivity contribution in [3.05, 3.63) is 34.3 Å². The topological polar surface area (TPSA) is 20.3 Å². The van der Waals surface area contributed by atoms with Gasteiger partial charge in [0.15, 0.2) is 5.78 Å². The Morgan fingerprint density at radius 3 is 2.95 bits per heavy atom.